The highest BCUT2D eigenvalue weighted by atomic mass is 16.5. The topological polar surface area (TPSA) is 70.7 Å². The molecule has 1 aliphatic heterocycles. The first-order chi connectivity index (χ1) is 7.43. The van der Waals surface area contributed by atoms with Gasteiger partial charge >= 0.3 is 0 Å². The molecule has 0 bridgehead atoms. The lowest BCUT2D eigenvalue weighted by molar-refractivity contribution is -0.138. The summed E-state index contributed by atoms with van der Waals surface area (Å²) in [5.41, 5.74) is -0.233. The van der Waals surface area contributed by atoms with Crippen LogP contribution in [-0.4, -0.2) is 62.7 Å². The van der Waals surface area contributed by atoms with Crippen LogP contribution >= 0.6 is 0 Å². The molecule has 6 heteroatoms. The normalized spacial score (nSPS) is 17.4. The van der Waals surface area contributed by atoms with Gasteiger partial charge in [-0.25, -0.2) is 0 Å². The van der Waals surface area contributed by atoms with Gasteiger partial charge in [0, 0.05) is 27.2 Å². The molecular weight excluding hydrogens is 210 g/mol. The molecule has 0 saturated carbocycles. The predicted octanol–water partition coefficient (Wildman–Crippen LogP) is -1.43. The lowest BCUT2D eigenvalue weighted by atomic mass is 10.0. The van der Waals surface area contributed by atoms with Crippen molar-refractivity contribution < 1.29 is 14.3 Å². The molecule has 6 nitrogen and oxygen atoms in total. The standard InChI is InChI=1S/C10H19N3O3/c1-10(6-11-7-10)16-5-8(14)12-4-9(15)13(2)3/h11H,4-7H2,1-3H3,(H,12,14). The summed E-state index contributed by atoms with van der Waals surface area (Å²) in [7, 11) is 3.29. The highest BCUT2D eigenvalue weighted by Gasteiger charge is 2.32. The SMILES string of the molecule is CN(C)C(=O)CNC(=O)COC1(C)CNC1. The molecule has 2 amide bonds. The van der Waals surface area contributed by atoms with Crippen molar-refractivity contribution in [2.75, 3.05) is 40.3 Å². The van der Waals surface area contributed by atoms with Gasteiger partial charge in [-0.15, -0.1) is 0 Å². The largest absolute Gasteiger partial charge is 0.363 e. The molecule has 2 N–H and O–H groups in total. The van der Waals surface area contributed by atoms with Gasteiger partial charge in [0.2, 0.25) is 11.8 Å². The van der Waals surface area contributed by atoms with E-state index in [1.807, 2.05) is 6.92 Å². The number of carbonyl (C=O) groups is 2. The molecule has 16 heavy (non-hydrogen) atoms. The summed E-state index contributed by atoms with van der Waals surface area (Å²) in [6, 6.07) is 0. The summed E-state index contributed by atoms with van der Waals surface area (Å²) in [5, 5.41) is 5.58. The van der Waals surface area contributed by atoms with Gasteiger partial charge in [-0.2, -0.15) is 0 Å². The van der Waals surface area contributed by atoms with Crippen LogP contribution in [0.4, 0.5) is 0 Å². The Labute approximate surface area is 95.3 Å². The number of amides is 2. The minimum absolute atomic E-state index is 0.00110. The zero-order valence-electron chi connectivity index (χ0n) is 10.0. The van der Waals surface area contributed by atoms with Crippen molar-refractivity contribution in [3.63, 3.8) is 0 Å². The Bertz CT molecular complexity index is 274. The number of nitrogens with one attached hydrogen (secondary N) is 2. The maximum absolute atomic E-state index is 11.3. The average molecular weight is 229 g/mol. The van der Waals surface area contributed by atoms with Crippen molar-refractivity contribution in [3.05, 3.63) is 0 Å². The van der Waals surface area contributed by atoms with E-state index in [4.69, 9.17) is 4.74 Å². The first kappa shape index (κ1) is 12.9. The second-order valence-corrected chi connectivity index (χ2v) is 4.41. The fourth-order valence-electron chi connectivity index (χ4n) is 1.20. The zero-order chi connectivity index (χ0) is 12.2. The van der Waals surface area contributed by atoms with Crippen LogP contribution in [0.2, 0.25) is 0 Å². The quantitative estimate of drug-likeness (QED) is 0.606. The van der Waals surface area contributed by atoms with E-state index in [1.165, 1.54) is 4.90 Å². The van der Waals surface area contributed by atoms with Crippen molar-refractivity contribution in [1.29, 1.82) is 0 Å². The lowest BCUT2D eigenvalue weighted by Gasteiger charge is -2.38. The van der Waals surface area contributed by atoms with Crippen LogP contribution in [0.15, 0.2) is 0 Å². The van der Waals surface area contributed by atoms with E-state index in [0.717, 1.165) is 13.1 Å². The summed E-state index contributed by atoms with van der Waals surface area (Å²) in [4.78, 5) is 23.9. The maximum atomic E-state index is 11.3. The predicted molar refractivity (Wildman–Crippen MR) is 58.9 cm³/mol. The van der Waals surface area contributed by atoms with Crippen molar-refractivity contribution in [2.24, 2.45) is 0 Å². The summed E-state index contributed by atoms with van der Waals surface area (Å²) in [5.74, 6) is -0.395. The molecule has 0 aromatic rings. The molecule has 0 aliphatic carbocycles. The molecule has 0 spiro atoms. The van der Waals surface area contributed by atoms with Gasteiger partial charge in [0.25, 0.3) is 0 Å². The van der Waals surface area contributed by atoms with Crippen LogP contribution in [0.3, 0.4) is 0 Å². The van der Waals surface area contributed by atoms with Crippen LogP contribution in [0.1, 0.15) is 6.92 Å². The Morgan fingerprint density at radius 3 is 2.50 bits per heavy atom. The van der Waals surface area contributed by atoms with Crippen molar-refractivity contribution in [1.82, 2.24) is 15.5 Å². The third kappa shape index (κ3) is 3.79. The molecule has 1 heterocycles. The molecule has 1 rings (SSSR count). The van der Waals surface area contributed by atoms with E-state index < -0.39 is 0 Å². The number of hydrogen-bond acceptors (Lipinski definition) is 4. The number of carbonyl (C=O) groups excluding carboxylic acids is 2. The Balaban J connectivity index is 2.13. The molecule has 0 unspecified atom stereocenters. The highest BCUT2D eigenvalue weighted by molar-refractivity contribution is 5.84. The highest BCUT2D eigenvalue weighted by Crippen LogP contribution is 2.14. The number of nitrogens with zero attached hydrogens (tertiary/aromatic N) is 1. The van der Waals surface area contributed by atoms with Crippen molar-refractivity contribution in [3.8, 4) is 0 Å². The number of likely N-dealkylation sites (N-methyl/N-ethyl adjacent to an activating group) is 1. The third-order valence-electron chi connectivity index (χ3n) is 2.49. The summed E-state index contributed by atoms with van der Waals surface area (Å²) in [6.45, 7) is 3.48. The Morgan fingerprint density at radius 1 is 1.44 bits per heavy atom. The molecule has 0 radical (unpaired) electrons. The fraction of sp³-hybridized carbons (Fsp3) is 0.800. The molecule has 1 aliphatic rings. The van der Waals surface area contributed by atoms with Crippen LogP contribution in [0.25, 0.3) is 0 Å². The number of hydrogen-bond donors (Lipinski definition) is 2. The van der Waals surface area contributed by atoms with E-state index >= 15 is 0 Å². The van der Waals surface area contributed by atoms with Gasteiger partial charge in [0.1, 0.15) is 6.61 Å². The first-order valence-corrected chi connectivity index (χ1v) is 5.24. The van der Waals surface area contributed by atoms with E-state index in [2.05, 4.69) is 10.6 Å². The van der Waals surface area contributed by atoms with Crippen molar-refractivity contribution >= 4 is 11.8 Å². The summed E-state index contributed by atoms with van der Waals surface area (Å²) in [6.07, 6.45) is 0. The third-order valence-corrected chi connectivity index (χ3v) is 2.49. The molecule has 92 valence electrons. The maximum Gasteiger partial charge on any atom is 0.246 e. The number of rotatable bonds is 5. The second kappa shape index (κ2) is 5.27. The molecule has 0 atom stereocenters. The lowest BCUT2D eigenvalue weighted by Crippen LogP contribution is -2.59. The average Bonchev–Trinajstić information content (AvgIpc) is 2.19. The minimum Gasteiger partial charge on any atom is -0.363 e. The molecule has 1 fully saturated rings. The molecular formula is C10H19N3O3. The molecule has 0 aromatic carbocycles. The van der Waals surface area contributed by atoms with Gasteiger partial charge in [0.15, 0.2) is 0 Å². The first-order valence-electron chi connectivity index (χ1n) is 5.24. The second-order valence-electron chi connectivity index (χ2n) is 4.41. The minimum atomic E-state index is -0.261. The Morgan fingerprint density at radius 2 is 2.06 bits per heavy atom. The van der Waals surface area contributed by atoms with Gasteiger partial charge in [-0.3, -0.25) is 9.59 Å². The smallest absolute Gasteiger partial charge is 0.246 e. The van der Waals surface area contributed by atoms with Crippen LogP contribution in [0, 0.1) is 0 Å². The van der Waals surface area contributed by atoms with E-state index in [1.54, 1.807) is 14.1 Å². The number of ether oxygens (including phenoxy) is 1. The van der Waals surface area contributed by atoms with E-state index in [-0.39, 0.29) is 30.6 Å². The summed E-state index contributed by atoms with van der Waals surface area (Å²) < 4.78 is 5.42. The van der Waals surface area contributed by atoms with Crippen molar-refractivity contribution in [2.45, 2.75) is 12.5 Å². The zero-order valence-corrected chi connectivity index (χ0v) is 10.0. The van der Waals surface area contributed by atoms with Crippen LogP contribution in [-0.2, 0) is 14.3 Å². The van der Waals surface area contributed by atoms with Crippen LogP contribution < -0.4 is 10.6 Å². The van der Waals surface area contributed by atoms with Gasteiger partial charge in [0.05, 0.1) is 12.1 Å². The Hall–Kier alpha value is -1.14. The van der Waals surface area contributed by atoms with Gasteiger partial charge in [-0.1, -0.05) is 0 Å². The van der Waals surface area contributed by atoms with E-state index in [9.17, 15) is 9.59 Å². The van der Waals surface area contributed by atoms with Gasteiger partial charge in [-0.05, 0) is 6.92 Å². The molecule has 1 saturated heterocycles. The Kier molecular flexibility index (Phi) is 4.26. The molecule has 0 aromatic heterocycles. The summed E-state index contributed by atoms with van der Waals surface area (Å²) >= 11 is 0. The van der Waals surface area contributed by atoms with E-state index in [0.29, 0.717) is 0 Å². The fourth-order valence-corrected chi connectivity index (χ4v) is 1.20. The van der Waals surface area contributed by atoms with Crippen LogP contribution in [0.5, 0.6) is 0 Å². The van der Waals surface area contributed by atoms with Gasteiger partial charge < -0.3 is 20.3 Å². The monoisotopic (exact) mass is 229 g/mol.